The van der Waals surface area contributed by atoms with E-state index in [0.717, 1.165) is 109 Å². The van der Waals surface area contributed by atoms with Gasteiger partial charge in [-0.1, -0.05) is 156 Å². The summed E-state index contributed by atoms with van der Waals surface area (Å²) in [5.74, 6) is 5.98. The number of aliphatic hydroxyl groups is 4. The Hall–Kier alpha value is -12.4. The number of methoxy groups -OCH3 is 2. The summed E-state index contributed by atoms with van der Waals surface area (Å²) in [5, 5.41) is 54.1. The number of hydrogen-bond donors (Lipinski definition) is 4. The third-order valence-electron chi connectivity index (χ3n) is 25.7. The van der Waals surface area contributed by atoms with Crippen LogP contribution in [0.25, 0.3) is 91.4 Å². The van der Waals surface area contributed by atoms with Crippen LogP contribution < -0.4 is 9.47 Å². The lowest BCUT2D eigenvalue weighted by Gasteiger charge is -2.24. The van der Waals surface area contributed by atoms with Gasteiger partial charge in [-0.3, -0.25) is 19.2 Å². The van der Waals surface area contributed by atoms with Crippen molar-refractivity contribution in [1.29, 1.82) is 0 Å². The first-order valence-electron chi connectivity index (χ1n) is 41.4. The van der Waals surface area contributed by atoms with E-state index in [1.165, 1.54) is 55.6 Å². The zero-order chi connectivity index (χ0) is 82.9. The minimum atomic E-state index is -0.188. The van der Waals surface area contributed by atoms with Crippen molar-refractivity contribution in [2.45, 2.75) is 125 Å². The maximum absolute atomic E-state index is 12.5. The molecule has 0 unspecified atom stereocenters. The lowest BCUT2D eigenvalue weighted by atomic mass is 9.80. The standard InChI is InChI=1S/2C24H25N3O3.2C23H23N3O4/c2*1-2-16-5-3-6-17(13-16)23-25-22(26-30-23)19-7-4-8-20-18(19)9-10-24(20)14-21(29)27(15-24)11-12-28;2*1-29-19-8-3-2-5-17(19)22-24-21(25-30-22)16-6-4-7-18-15(16)9-10-23(18)13-20(28)26(14-23)11-12-27/h2*3-8,13,28H,2,9-12,14-15H2,1H3;2*2-8,27H,9-14H2,1H3/t2*24-;2*23-/m1010/s1. The van der Waals surface area contributed by atoms with Crippen LogP contribution in [0, 0.1) is 0 Å². The number of carbonyl (C=O) groups excluding carboxylic acids is 4. The number of fused-ring (bicyclic) bond motifs is 8. The molecule has 8 aromatic carbocycles. The van der Waals surface area contributed by atoms with Gasteiger partial charge >= 0.3 is 0 Å². The van der Waals surface area contributed by atoms with E-state index in [0.29, 0.717) is 136 Å². The van der Waals surface area contributed by atoms with Crippen molar-refractivity contribution in [3.8, 4) is 103 Å². The predicted molar refractivity (Wildman–Crippen MR) is 446 cm³/mol. The van der Waals surface area contributed by atoms with E-state index < -0.39 is 0 Å². The van der Waals surface area contributed by atoms with Crippen LogP contribution in [-0.2, 0) is 79.4 Å². The highest BCUT2D eigenvalue weighted by Crippen LogP contribution is 2.53. The molecule has 4 aliphatic carbocycles. The van der Waals surface area contributed by atoms with Gasteiger partial charge in [-0.25, -0.2) is 0 Å². The quantitative estimate of drug-likeness (QED) is 0.0551. The Morgan fingerprint density at radius 1 is 0.342 bits per heavy atom. The number of para-hydroxylation sites is 2. The molecule has 4 aromatic heterocycles. The Kier molecular flexibility index (Phi) is 22.6. The number of benzene rings is 8. The summed E-state index contributed by atoms with van der Waals surface area (Å²) in [6, 6.07) is 56.1. The second kappa shape index (κ2) is 33.8. The minimum Gasteiger partial charge on any atom is -0.496 e. The predicted octanol–water partition coefficient (Wildman–Crippen LogP) is 12.4. The van der Waals surface area contributed by atoms with Crippen molar-refractivity contribution in [2.75, 3.05) is 93.0 Å². The molecule has 20 rings (SSSR count). The highest BCUT2D eigenvalue weighted by Gasteiger charge is 2.53. The Labute approximate surface area is 694 Å². The Balaban J connectivity index is 0.000000114. The van der Waals surface area contributed by atoms with Gasteiger partial charge in [0.25, 0.3) is 23.6 Å². The van der Waals surface area contributed by atoms with E-state index in [9.17, 15) is 39.6 Å². The van der Waals surface area contributed by atoms with Crippen molar-refractivity contribution < 1.29 is 67.2 Å². The number of rotatable bonds is 20. The number of carbonyl (C=O) groups is 4. The summed E-state index contributed by atoms with van der Waals surface area (Å²) in [6.07, 6.45) is 11.1. The molecule has 4 atom stereocenters. The molecule has 0 radical (unpaired) electrons. The van der Waals surface area contributed by atoms with Crippen molar-refractivity contribution in [3.05, 3.63) is 225 Å². The first kappa shape index (κ1) is 80.1. The van der Waals surface area contributed by atoms with Crippen LogP contribution in [0.15, 0.2) is 188 Å². The molecule has 4 N–H and O–H groups in total. The van der Waals surface area contributed by atoms with Gasteiger partial charge in [-0.05, 0) is 168 Å². The third-order valence-corrected chi connectivity index (χ3v) is 25.7. The molecule has 616 valence electrons. The molecule has 4 aliphatic heterocycles. The van der Waals surface area contributed by atoms with E-state index in [1.807, 2.05) is 121 Å². The molecule has 12 aromatic rings. The van der Waals surface area contributed by atoms with Crippen molar-refractivity contribution in [2.24, 2.45) is 0 Å². The summed E-state index contributed by atoms with van der Waals surface area (Å²) in [6.45, 7) is 8.46. The summed E-state index contributed by atoms with van der Waals surface area (Å²) < 4.78 is 33.1. The lowest BCUT2D eigenvalue weighted by molar-refractivity contribution is -0.128. The van der Waals surface area contributed by atoms with Gasteiger partial charge in [0.05, 0.1) is 51.8 Å². The van der Waals surface area contributed by atoms with Gasteiger partial charge in [-0.15, -0.1) is 0 Å². The maximum atomic E-state index is 12.5. The van der Waals surface area contributed by atoms with Gasteiger partial charge in [0, 0.05) is 133 Å². The largest absolute Gasteiger partial charge is 0.496 e. The number of ether oxygens (including phenoxy) is 2. The minimum absolute atomic E-state index is 0.000412. The molecular formula is C94H96N12O14. The van der Waals surface area contributed by atoms with Crippen LogP contribution >= 0.6 is 0 Å². The first-order valence-corrected chi connectivity index (χ1v) is 41.4. The van der Waals surface area contributed by atoms with Crippen LogP contribution in [0.1, 0.15) is 121 Å². The fraction of sp³-hybridized carbons (Fsp3) is 0.362. The number of β-amino-alcohol motifs (C(OH)–C–C–N with tert-alkyl or cyclic N) is 4. The van der Waals surface area contributed by atoms with Crippen molar-refractivity contribution >= 4 is 23.6 Å². The molecule has 8 heterocycles. The first-order chi connectivity index (χ1) is 58.6. The molecule has 26 nitrogen and oxygen atoms in total. The highest BCUT2D eigenvalue weighted by atomic mass is 16.5. The normalized spacial score (nSPS) is 20.3. The SMILES string of the molecule is CCc1cccc(-c2nc(-c3cccc4c3CC[C@@]43CC(=O)N(CCO)C3)no2)c1.CCc1cccc(-c2nc(-c3cccc4c3CC[C@]43CC(=O)N(CCO)C3)no2)c1.COc1ccccc1-c1nc(-c2cccc3c2CC[C@@]32CC(=O)N(CCO)C2)no1.COc1ccccc1-c1nc(-c2cccc3c2CC[C@]32CC(=O)N(CCO)C2)no1. The number of likely N-dealkylation sites (tertiary alicyclic amines) is 4. The molecule has 0 saturated carbocycles. The van der Waals surface area contributed by atoms with E-state index in [2.05, 4.69) is 103 Å². The second-order valence-electron chi connectivity index (χ2n) is 32.5. The fourth-order valence-electron chi connectivity index (χ4n) is 19.9. The molecule has 4 amide bonds. The number of amides is 4. The molecule has 120 heavy (non-hydrogen) atoms. The summed E-state index contributed by atoms with van der Waals surface area (Å²) in [4.78, 5) is 75.7. The van der Waals surface area contributed by atoms with Crippen LogP contribution in [0.3, 0.4) is 0 Å². The molecule has 4 fully saturated rings. The highest BCUT2D eigenvalue weighted by molar-refractivity contribution is 5.86. The number of hydrogen-bond acceptors (Lipinski definition) is 22. The van der Waals surface area contributed by atoms with Gasteiger partial charge in [0.2, 0.25) is 46.9 Å². The van der Waals surface area contributed by atoms with E-state index in [1.54, 1.807) is 33.8 Å². The second-order valence-corrected chi connectivity index (χ2v) is 32.5. The van der Waals surface area contributed by atoms with Gasteiger partial charge in [0.15, 0.2) is 0 Å². The molecule has 4 spiro atoms. The number of aromatic nitrogens is 8. The molecule has 0 bridgehead atoms. The smallest absolute Gasteiger partial charge is 0.262 e. The molecule has 26 heteroatoms. The Bertz CT molecular complexity index is 5480. The monoisotopic (exact) mass is 1620 g/mol. The van der Waals surface area contributed by atoms with E-state index >= 15 is 0 Å². The van der Waals surface area contributed by atoms with Gasteiger partial charge < -0.3 is 67.6 Å². The Morgan fingerprint density at radius 3 is 0.892 bits per heavy atom. The topological polar surface area (TPSA) is 336 Å². The average molecular weight is 1620 g/mol. The summed E-state index contributed by atoms with van der Waals surface area (Å²) >= 11 is 0. The number of nitrogens with zero attached hydrogens (tertiary/aromatic N) is 12. The zero-order valence-corrected chi connectivity index (χ0v) is 67.8. The average Bonchev–Trinajstić information content (AvgIpc) is 1.60. The molecule has 4 saturated heterocycles. The Morgan fingerprint density at radius 2 is 0.608 bits per heavy atom. The van der Waals surface area contributed by atoms with Crippen LogP contribution in [0.5, 0.6) is 11.5 Å². The number of aryl methyl sites for hydroxylation is 2. The van der Waals surface area contributed by atoms with Crippen LogP contribution in [-0.4, -0.2) is 197 Å². The fourth-order valence-corrected chi connectivity index (χ4v) is 19.9. The zero-order valence-electron chi connectivity index (χ0n) is 67.8. The van der Waals surface area contributed by atoms with Crippen LogP contribution in [0.2, 0.25) is 0 Å². The summed E-state index contributed by atoms with van der Waals surface area (Å²) in [5.41, 5.74) is 18.6. The van der Waals surface area contributed by atoms with E-state index in [-0.39, 0.29) is 71.7 Å². The molecule has 8 aliphatic rings. The van der Waals surface area contributed by atoms with E-state index in [4.69, 9.17) is 27.6 Å². The summed E-state index contributed by atoms with van der Waals surface area (Å²) in [7, 11) is 3.23. The number of aliphatic hydroxyl groups excluding tert-OH is 4. The van der Waals surface area contributed by atoms with Crippen molar-refractivity contribution in [1.82, 2.24) is 60.2 Å². The molecular weight excluding hydrogens is 1520 g/mol. The lowest BCUT2D eigenvalue weighted by Crippen LogP contribution is -2.32. The van der Waals surface area contributed by atoms with Crippen LogP contribution in [0.4, 0.5) is 0 Å². The van der Waals surface area contributed by atoms with Gasteiger partial charge in [0.1, 0.15) is 11.5 Å². The maximum Gasteiger partial charge on any atom is 0.262 e. The third kappa shape index (κ3) is 15.0. The van der Waals surface area contributed by atoms with Gasteiger partial charge in [-0.2, -0.15) is 19.9 Å². The van der Waals surface area contributed by atoms with Crippen molar-refractivity contribution in [3.63, 3.8) is 0 Å².